The lowest BCUT2D eigenvalue weighted by atomic mass is 10.2. The van der Waals surface area contributed by atoms with Crippen LogP contribution >= 0.6 is 23.4 Å². The van der Waals surface area contributed by atoms with E-state index in [1.54, 1.807) is 30.3 Å². The average Bonchev–Trinajstić information content (AvgIpc) is 2.45. The summed E-state index contributed by atoms with van der Waals surface area (Å²) in [7, 11) is 0. The first-order valence-electron chi connectivity index (χ1n) is 6.43. The molecule has 110 valence electrons. The van der Waals surface area contributed by atoms with E-state index < -0.39 is 0 Å². The van der Waals surface area contributed by atoms with Gasteiger partial charge in [0.25, 0.3) is 0 Å². The summed E-state index contributed by atoms with van der Waals surface area (Å²) in [5.74, 6) is 0.368. The molecule has 0 aromatic heterocycles. The third-order valence-corrected chi connectivity index (χ3v) is 4.14. The summed E-state index contributed by atoms with van der Waals surface area (Å²) in [6.07, 6.45) is 0. The van der Waals surface area contributed by atoms with Crippen molar-refractivity contribution in [3.63, 3.8) is 0 Å². The van der Waals surface area contributed by atoms with E-state index >= 15 is 0 Å². The summed E-state index contributed by atoms with van der Waals surface area (Å²) in [5, 5.41) is 3.39. The fourth-order valence-corrected chi connectivity index (χ4v) is 2.77. The largest absolute Gasteiger partial charge is 0.325 e. The van der Waals surface area contributed by atoms with E-state index in [4.69, 9.17) is 11.6 Å². The highest BCUT2D eigenvalue weighted by atomic mass is 35.5. The van der Waals surface area contributed by atoms with E-state index in [0.29, 0.717) is 22.0 Å². The number of nitrogens with one attached hydrogen (secondary N) is 1. The van der Waals surface area contributed by atoms with Crippen LogP contribution in [0, 0.1) is 12.7 Å². The second kappa shape index (κ2) is 7.48. The zero-order valence-corrected chi connectivity index (χ0v) is 13.1. The fraction of sp³-hybridized carbons (Fsp3) is 0.188. The predicted octanol–water partition coefficient (Wildman–Crippen LogP) is 4.66. The number of hydrogen-bond acceptors (Lipinski definition) is 2. The van der Waals surface area contributed by atoms with Gasteiger partial charge >= 0.3 is 0 Å². The molecule has 0 fully saturated rings. The molecule has 0 bridgehead atoms. The molecule has 0 radical (unpaired) electrons. The van der Waals surface area contributed by atoms with Crippen LogP contribution in [0.5, 0.6) is 0 Å². The van der Waals surface area contributed by atoms with Crippen molar-refractivity contribution in [2.75, 3.05) is 11.1 Å². The van der Waals surface area contributed by atoms with Gasteiger partial charge in [0.2, 0.25) is 5.91 Å². The molecule has 0 heterocycles. The number of thioether (sulfide) groups is 1. The Morgan fingerprint density at radius 3 is 2.81 bits per heavy atom. The molecule has 0 saturated carbocycles. The molecule has 5 heteroatoms. The van der Waals surface area contributed by atoms with Crippen molar-refractivity contribution in [1.82, 2.24) is 0 Å². The molecule has 2 rings (SSSR count). The van der Waals surface area contributed by atoms with Crippen LogP contribution in [0.4, 0.5) is 10.1 Å². The Bertz CT molecular complexity index is 648. The minimum Gasteiger partial charge on any atom is -0.325 e. The van der Waals surface area contributed by atoms with E-state index in [1.807, 2.05) is 13.0 Å². The van der Waals surface area contributed by atoms with Crippen molar-refractivity contribution >= 4 is 35.0 Å². The molecule has 0 aliphatic carbocycles. The molecule has 0 atom stereocenters. The third kappa shape index (κ3) is 4.76. The summed E-state index contributed by atoms with van der Waals surface area (Å²) in [4.78, 5) is 11.9. The Kier molecular flexibility index (Phi) is 5.65. The minimum absolute atomic E-state index is 0.123. The first-order valence-corrected chi connectivity index (χ1v) is 7.96. The SMILES string of the molecule is Cc1ccc(Cl)cc1NC(=O)CSCc1ccccc1F. The average molecular weight is 324 g/mol. The number of carbonyl (C=O) groups excluding carboxylic acids is 1. The highest BCUT2D eigenvalue weighted by Gasteiger charge is 2.07. The molecule has 1 amide bonds. The first kappa shape index (κ1) is 15.9. The van der Waals surface area contributed by atoms with Gasteiger partial charge in [-0.2, -0.15) is 0 Å². The van der Waals surface area contributed by atoms with Crippen LogP contribution < -0.4 is 5.32 Å². The Labute approximate surface area is 132 Å². The quantitative estimate of drug-likeness (QED) is 0.867. The van der Waals surface area contributed by atoms with Gasteiger partial charge in [-0.25, -0.2) is 4.39 Å². The molecule has 2 aromatic rings. The van der Waals surface area contributed by atoms with Crippen molar-refractivity contribution in [2.24, 2.45) is 0 Å². The van der Waals surface area contributed by atoms with Crippen LogP contribution in [-0.2, 0) is 10.5 Å². The first-order chi connectivity index (χ1) is 10.1. The Hall–Kier alpha value is -1.52. The van der Waals surface area contributed by atoms with Crippen LogP contribution in [0.15, 0.2) is 42.5 Å². The van der Waals surface area contributed by atoms with Crippen LogP contribution in [0.25, 0.3) is 0 Å². The number of carbonyl (C=O) groups is 1. The Morgan fingerprint density at radius 2 is 2.05 bits per heavy atom. The lowest BCUT2D eigenvalue weighted by Crippen LogP contribution is -2.15. The van der Waals surface area contributed by atoms with E-state index in [-0.39, 0.29) is 17.5 Å². The van der Waals surface area contributed by atoms with Crippen LogP contribution in [0.2, 0.25) is 5.02 Å². The van der Waals surface area contributed by atoms with Gasteiger partial charge in [-0.05, 0) is 36.2 Å². The molecule has 0 aliphatic rings. The molecule has 0 spiro atoms. The summed E-state index contributed by atoms with van der Waals surface area (Å²) in [6, 6.07) is 11.9. The van der Waals surface area contributed by atoms with Crippen LogP contribution in [-0.4, -0.2) is 11.7 Å². The van der Waals surface area contributed by atoms with Crippen molar-refractivity contribution in [2.45, 2.75) is 12.7 Å². The second-order valence-corrected chi connectivity index (χ2v) is 6.01. The zero-order chi connectivity index (χ0) is 15.2. The maximum atomic E-state index is 13.4. The van der Waals surface area contributed by atoms with E-state index in [1.165, 1.54) is 17.8 Å². The number of aryl methyl sites for hydroxylation is 1. The number of rotatable bonds is 5. The molecule has 2 nitrogen and oxygen atoms in total. The summed E-state index contributed by atoms with van der Waals surface area (Å²) in [6.45, 7) is 1.90. The Morgan fingerprint density at radius 1 is 1.29 bits per heavy atom. The molecule has 2 aromatic carbocycles. The van der Waals surface area contributed by atoms with Gasteiger partial charge < -0.3 is 5.32 Å². The fourth-order valence-electron chi connectivity index (χ4n) is 1.78. The van der Waals surface area contributed by atoms with E-state index in [0.717, 1.165) is 5.56 Å². The molecular weight excluding hydrogens is 309 g/mol. The standard InChI is InChI=1S/C16H15ClFNOS/c1-11-6-7-13(17)8-15(11)19-16(20)10-21-9-12-4-2-3-5-14(12)18/h2-8H,9-10H2,1H3,(H,19,20). The van der Waals surface area contributed by atoms with Gasteiger partial charge in [-0.15, -0.1) is 11.8 Å². The molecule has 1 N–H and O–H groups in total. The minimum atomic E-state index is -0.240. The lowest BCUT2D eigenvalue weighted by molar-refractivity contribution is -0.113. The van der Waals surface area contributed by atoms with Gasteiger partial charge in [0, 0.05) is 16.5 Å². The zero-order valence-electron chi connectivity index (χ0n) is 11.5. The molecular formula is C16H15ClFNOS. The number of benzene rings is 2. The summed E-state index contributed by atoms with van der Waals surface area (Å²) >= 11 is 7.28. The summed E-state index contributed by atoms with van der Waals surface area (Å²) in [5.41, 5.74) is 2.26. The molecule has 21 heavy (non-hydrogen) atoms. The maximum absolute atomic E-state index is 13.4. The van der Waals surface area contributed by atoms with Gasteiger partial charge in [0.15, 0.2) is 0 Å². The van der Waals surface area contributed by atoms with E-state index in [2.05, 4.69) is 5.32 Å². The predicted molar refractivity (Wildman–Crippen MR) is 87.4 cm³/mol. The van der Waals surface area contributed by atoms with Crippen molar-refractivity contribution in [3.05, 3.63) is 64.4 Å². The summed E-state index contributed by atoms with van der Waals surface area (Å²) < 4.78 is 13.4. The van der Waals surface area contributed by atoms with Crippen LogP contribution in [0.1, 0.15) is 11.1 Å². The van der Waals surface area contributed by atoms with Crippen molar-refractivity contribution in [1.29, 1.82) is 0 Å². The Balaban J connectivity index is 1.85. The highest BCUT2D eigenvalue weighted by Crippen LogP contribution is 2.21. The smallest absolute Gasteiger partial charge is 0.234 e. The second-order valence-electron chi connectivity index (χ2n) is 4.59. The van der Waals surface area contributed by atoms with Crippen molar-refractivity contribution < 1.29 is 9.18 Å². The number of anilines is 1. The normalized spacial score (nSPS) is 10.4. The van der Waals surface area contributed by atoms with Gasteiger partial charge in [0.1, 0.15) is 5.82 Å². The maximum Gasteiger partial charge on any atom is 0.234 e. The molecule has 0 saturated heterocycles. The van der Waals surface area contributed by atoms with Gasteiger partial charge in [0.05, 0.1) is 5.75 Å². The topological polar surface area (TPSA) is 29.1 Å². The lowest BCUT2D eigenvalue weighted by Gasteiger charge is -2.09. The third-order valence-electron chi connectivity index (χ3n) is 2.92. The molecule has 0 unspecified atom stereocenters. The number of amides is 1. The van der Waals surface area contributed by atoms with Gasteiger partial charge in [-0.3, -0.25) is 4.79 Å². The van der Waals surface area contributed by atoms with Crippen LogP contribution in [0.3, 0.4) is 0 Å². The monoisotopic (exact) mass is 323 g/mol. The highest BCUT2D eigenvalue weighted by molar-refractivity contribution is 7.99. The molecule has 0 aliphatic heterocycles. The van der Waals surface area contributed by atoms with E-state index in [9.17, 15) is 9.18 Å². The number of hydrogen-bond donors (Lipinski definition) is 1. The number of halogens is 2. The van der Waals surface area contributed by atoms with Gasteiger partial charge in [-0.1, -0.05) is 35.9 Å². The van der Waals surface area contributed by atoms with Crippen molar-refractivity contribution in [3.8, 4) is 0 Å².